The number of nitrogens with zero attached hydrogens (tertiary/aromatic N) is 3. The number of hydrazone groups is 1. The molecule has 2 atom stereocenters. The molecular weight excluding hydrogens is 562 g/mol. The first-order chi connectivity index (χ1) is 20.7. The summed E-state index contributed by atoms with van der Waals surface area (Å²) in [5, 5.41) is 11.3. The van der Waals surface area contributed by atoms with E-state index in [-0.39, 0.29) is 31.4 Å². The zero-order valence-electron chi connectivity index (χ0n) is 26.4. The summed E-state index contributed by atoms with van der Waals surface area (Å²) in [6.07, 6.45) is 0.253. The van der Waals surface area contributed by atoms with Gasteiger partial charge in [-0.15, -0.1) is 0 Å². The van der Waals surface area contributed by atoms with E-state index in [1.165, 1.54) is 5.01 Å². The van der Waals surface area contributed by atoms with E-state index in [1.54, 1.807) is 46.6 Å². The van der Waals surface area contributed by atoms with Gasteiger partial charge < -0.3 is 25.0 Å². The Morgan fingerprint density at radius 2 is 1.64 bits per heavy atom. The Morgan fingerprint density at radius 3 is 2.27 bits per heavy atom. The van der Waals surface area contributed by atoms with E-state index in [1.807, 2.05) is 60.7 Å². The van der Waals surface area contributed by atoms with Crippen molar-refractivity contribution in [2.45, 2.75) is 71.1 Å². The van der Waals surface area contributed by atoms with Crippen molar-refractivity contribution >= 4 is 29.5 Å². The molecule has 2 N–H and O–H groups in total. The number of nitrogens with one attached hydrogen (secondary N) is 2. The van der Waals surface area contributed by atoms with Gasteiger partial charge in [-0.2, -0.15) is 5.10 Å². The molecule has 2 aliphatic rings. The van der Waals surface area contributed by atoms with E-state index in [2.05, 4.69) is 15.7 Å². The van der Waals surface area contributed by atoms with Crippen molar-refractivity contribution < 1.29 is 28.7 Å². The van der Waals surface area contributed by atoms with Crippen molar-refractivity contribution in [3.05, 3.63) is 66.2 Å². The highest BCUT2D eigenvalue weighted by molar-refractivity contribution is 6.13. The third-order valence-electron chi connectivity index (χ3n) is 7.67. The van der Waals surface area contributed by atoms with Gasteiger partial charge in [0.25, 0.3) is 5.91 Å². The fraction of sp³-hybridized carbons (Fsp3) is 0.485. The number of carbonyl (C=O) groups excluding carboxylic acids is 4. The van der Waals surface area contributed by atoms with Gasteiger partial charge in [-0.05, 0) is 58.7 Å². The fourth-order valence-corrected chi connectivity index (χ4v) is 5.46. The molecule has 1 fully saturated rings. The van der Waals surface area contributed by atoms with Crippen molar-refractivity contribution in [3.8, 4) is 5.75 Å². The average molecular weight is 606 g/mol. The van der Waals surface area contributed by atoms with E-state index >= 15 is 0 Å². The lowest BCUT2D eigenvalue weighted by atomic mass is 9.73. The average Bonchev–Trinajstić information content (AvgIpc) is 3.20. The second-order valence-corrected chi connectivity index (χ2v) is 12.9. The highest BCUT2D eigenvalue weighted by Gasteiger charge is 2.54. The van der Waals surface area contributed by atoms with Gasteiger partial charge in [-0.3, -0.25) is 14.4 Å². The van der Waals surface area contributed by atoms with Gasteiger partial charge in [0, 0.05) is 33.0 Å². The van der Waals surface area contributed by atoms with Crippen LogP contribution >= 0.6 is 0 Å². The maximum Gasteiger partial charge on any atom is 0.408 e. The lowest BCUT2D eigenvalue weighted by Crippen LogP contribution is -2.62. The number of carbonyl (C=O) groups is 4. The molecule has 4 rings (SSSR count). The number of ether oxygens (including phenoxy) is 2. The molecule has 11 nitrogen and oxygen atoms in total. The molecule has 1 unspecified atom stereocenters. The van der Waals surface area contributed by atoms with E-state index in [9.17, 15) is 19.2 Å². The molecule has 0 aliphatic carbocycles. The predicted molar refractivity (Wildman–Crippen MR) is 166 cm³/mol. The minimum absolute atomic E-state index is 0.133. The summed E-state index contributed by atoms with van der Waals surface area (Å²) in [5.41, 5.74) is -1.40. The van der Waals surface area contributed by atoms with E-state index in [0.717, 1.165) is 11.3 Å². The Hall–Kier alpha value is -4.41. The van der Waals surface area contributed by atoms with Crippen LogP contribution in [-0.2, 0) is 25.5 Å². The number of hydrogen-bond donors (Lipinski definition) is 2. The molecule has 2 aliphatic heterocycles. The molecule has 0 radical (unpaired) electrons. The number of amides is 4. The summed E-state index contributed by atoms with van der Waals surface area (Å²) in [6.45, 7) is 8.90. The number of piperidine rings is 1. The van der Waals surface area contributed by atoms with Crippen molar-refractivity contribution in [2.75, 3.05) is 26.7 Å². The molecule has 0 aromatic heterocycles. The molecule has 0 spiro atoms. The lowest BCUT2D eigenvalue weighted by molar-refractivity contribution is -0.142. The van der Waals surface area contributed by atoms with Gasteiger partial charge in [0.15, 0.2) is 0 Å². The summed E-state index contributed by atoms with van der Waals surface area (Å²) >= 11 is 0. The molecule has 0 bridgehead atoms. The van der Waals surface area contributed by atoms with Crippen LogP contribution in [0.15, 0.2) is 65.8 Å². The second kappa shape index (κ2) is 13.1. The molecule has 4 amide bonds. The maximum atomic E-state index is 14.2. The Balaban J connectivity index is 1.54. The number of hydrogen-bond acceptors (Lipinski definition) is 7. The number of fused-ring (bicyclic) bond motifs is 1. The zero-order chi connectivity index (χ0) is 32.1. The quantitative estimate of drug-likeness (QED) is 0.426. The Kier molecular flexibility index (Phi) is 9.66. The second-order valence-electron chi connectivity index (χ2n) is 12.9. The SMILES string of the molecule is CN1N=C2CCN(C(=O)C(CCOc3ccccc3)NC(=O)C(C)(C)NC(=O)OC(C)(C)C)C[C@@]2(Cc2ccccc2)C1=O. The maximum absolute atomic E-state index is 14.2. The Labute approximate surface area is 258 Å². The van der Waals surface area contributed by atoms with Gasteiger partial charge in [0.2, 0.25) is 11.8 Å². The molecule has 44 heavy (non-hydrogen) atoms. The topological polar surface area (TPSA) is 130 Å². The van der Waals surface area contributed by atoms with Gasteiger partial charge in [0.1, 0.15) is 28.3 Å². The van der Waals surface area contributed by atoms with Crippen LogP contribution in [0.5, 0.6) is 5.75 Å². The monoisotopic (exact) mass is 605 g/mol. The molecule has 2 heterocycles. The molecule has 2 aromatic carbocycles. The van der Waals surface area contributed by atoms with Crippen LogP contribution in [0.3, 0.4) is 0 Å². The third-order valence-corrected chi connectivity index (χ3v) is 7.67. The van der Waals surface area contributed by atoms with Crippen molar-refractivity contribution in [3.63, 3.8) is 0 Å². The largest absolute Gasteiger partial charge is 0.494 e. The Bertz CT molecular complexity index is 1390. The molecule has 2 aromatic rings. The summed E-state index contributed by atoms with van der Waals surface area (Å²) in [6, 6.07) is 17.9. The standard InChI is InChI=1S/C33H43N5O6/c1-31(2,3)44-30(42)35-32(4,5)28(40)34-25(18-20-43-24-15-11-8-12-16-24)27(39)38-19-17-26-33(22-38,29(41)37(6)36-26)21-23-13-9-7-10-14-23/h7-16,25H,17-22H2,1-6H3,(H,34,40)(H,35,42)/t25?,33-/m1/s1. The third kappa shape index (κ3) is 7.75. The van der Waals surface area contributed by atoms with Crippen LogP contribution in [-0.4, -0.2) is 83.4 Å². The predicted octanol–water partition coefficient (Wildman–Crippen LogP) is 3.53. The van der Waals surface area contributed by atoms with Gasteiger partial charge in [-0.1, -0.05) is 48.5 Å². The van der Waals surface area contributed by atoms with Gasteiger partial charge in [-0.25, -0.2) is 9.80 Å². The normalized spacial score (nSPS) is 19.0. The zero-order valence-corrected chi connectivity index (χ0v) is 26.4. The molecule has 236 valence electrons. The molecule has 0 saturated carbocycles. The van der Waals surface area contributed by atoms with Crippen LogP contribution < -0.4 is 15.4 Å². The van der Waals surface area contributed by atoms with Gasteiger partial charge >= 0.3 is 6.09 Å². The van der Waals surface area contributed by atoms with Crippen molar-refractivity contribution in [2.24, 2.45) is 10.5 Å². The van der Waals surface area contributed by atoms with E-state index in [0.29, 0.717) is 25.1 Å². The van der Waals surface area contributed by atoms with Crippen LogP contribution in [0, 0.1) is 5.41 Å². The van der Waals surface area contributed by atoms with Crippen molar-refractivity contribution in [1.82, 2.24) is 20.5 Å². The van der Waals surface area contributed by atoms with Gasteiger partial charge in [0.05, 0.1) is 12.3 Å². The van der Waals surface area contributed by atoms with E-state index < -0.39 is 34.6 Å². The highest BCUT2D eigenvalue weighted by atomic mass is 16.6. The summed E-state index contributed by atoms with van der Waals surface area (Å²) < 4.78 is 11.2. The molecule has 1 saturated heterocycles. The highest BCUT2D eigenvalue weighted by Crippen LogP contribution is 2.38. The summed E-state index contributed by atoms with van der Waals surface area (Å²) in [5.74, 6) is -0.421. The Morgan fingerprint density at radius 1 is 1.00 bits per heavy atom. The van der Waals surface area contributed by atoms with Crippen LogP contribution in [0.25, 0.3) is 0 Å². The number of para-hydroxylation sites is 1. The number of likely N-dealkylation sites (tertiary alicyclic amines) is 1. The first kappa shape index (κ1) is 32.5. The van der Waals surface area contributed by atoms with Crippen molar-refractivity contribution in [1.29, 1.82) is 0 Å². The van der Waals surface area contributed by atoms with Crippen LogP contribution in [0.2, 0.25) is 0 Å². The number of rotatable bonds is 10. The van der Waals surface area contributed by atoms with Crippen LogP contribution in [0.4, 0.5) is 4.79 Å². The summed E-state index contributed by atoms with van der Waals surface area (Å²) in [7, 11) is 1.64. The lowest BCUT2D eigenvalue weighted by Gasteiger charge is -2.41. The van der Waals surface area contributed by atoms with Crippen LogP contribution in [0.1, 0.15) is 53.0 Å². The number of benzene rings is 2. The first-order valence-corrected chi connectivity index (χ1v) is 14.9. The smallest absolute Gasteiger partial charge is 0.408 e. The summed E-state index contributed by atoms with van der Waals surface area (Å²) in [4.78, 5) is 55.4. The minimum Gasteiger partial charge on any atom is -0.494 e. The fourth-order valence-electron chi connectivity index (χ4n) is 5.46. The minimum atomic E-state index is -1.39. The van der Waals surface area contributed by atoms with E-state index in [4.69, 9.17) is 9.47 Å². The molecular formula is C33H43N5O6. The molecule has 11 heteroatoms. The number of alkyl carbamates (subject to hydrolysis) is 1. The first-order valence-electron chi connectivity index (χ1n) is 14.9.